The van der Waals surface area contributed by atoms with Crippen LogP contribution in [0.5, 0.6) is 0 Å². The molecule has 9 heteroatoms. The second kappa shape index (κ2) is 7.32. The highest BCUT2D eigenvalue weighted by molar-refractivity contribution is 7.89. The maximum absolute atomic E-state index is 13.1. The summed E-state index contributed by atoms with van der Waals surface area (Å²) in [6, 6.07) is 8.15. The first-order valence-electron chi connectivity index (χ1n) is 8.32. The second-order valence-electron chi connectivity index (χ2n) is 6.04. The molecule has 0 aliphatic rings. The SMILES string of the molecule is CCCn1cc(S(=O)(=O)NCc2ccccc2C(F)(F)F)c2cccnc21. The third kappa shape index (κ3) is 3.98. The van der Waals surface area contributed by atoms with Crippen LogP contribution >= 0.6 is 0 Å². The van der Waals surface area contributed by atoms with Gasteiger partial charge in [-0.25, -0.2) is 18.1 Å². The quantitative estimate of drug-likeness (QED) is 0.685. The van der Waals surface area contributed by atoms with Gasteiger partial charge in [-0.1, -0.05) is 25.1 Å². The monoisotopic (exact) mass is 397 g/mol. The van der Waals surface area contributed by atoms with E-state index in [4.69, 9.17) is 0 Å². The minimum atomic E-state index is -4.55. The fraction of sp³-hybridized carbons (Fsp3) is 0.278. The van der Waals surface area contributed by atoms with Crippen LogP contribution in [0.4, 0.5) is 13.2 Å². The zero-order chi connectivity index (χ0) is 19.7. The summed E-state index contributed by atoms with van der Waals surface area (Å²) >= 11 is 0. The number of rotatable bonds is 6. The van der Waals surface area contributed by atoms with Gasteiger partial charge in [0.1, 0.15) is 10.5 Å². The average molecular weight is 397 g/mol. The van der Waals surface area contributed by atoms with Crippen LogP contribution < -0.4 is 4.72 Å². The normalized spacial score (nSPS) is 12.6. The number of nitrogens with zero attached hydrogens (tertiary/aromatic N) is 2. The van der Waals surface area contributed by atoms with Gasteiger partial charge < -0.3 is 4.57 Å². The van der Waals surface area contributed by atoms with Crippen molar-refractivity contribution in [3.63, 3.8) is 0 Å². The van der Waals surface area contributed by atoms with E-state index in [2.05, 4.69) is 9.71 Å². The molecule has 1 N–H and O–H groups in total. The van der Waals surface area contributed by atoms with Crippen LogP contribution in [0.15, 0.2) is 53.7 Å². The van der Waals surface area contributed by atoms with E-state index in [0.29, 0.717) is 17.6 Å². The molecule has 2 heterocycles. The molecule has 1 aromatic carbocycles. The van der Waals surface area contributed by atoms with E-state index < -0.39 is 28.3 Å². The van der Waals surface area contributed by atoms with E-state index >= 15 is 0 Å². The number of fused-ring (bicyclic) bond motifs is 1. The van der Waals surface area contributed by atoms with Crippen molar-refractivity contribution in [2.75, 3.05) is 0 Å². The summed E-state index contributed by atoms with van der Waals surface area (Å²) in [6.07, 6.45) is -0.730. The number of sulfonamides is 1. The van der Waals surface area contributed by atoms with Crippen molar-refractivity contribution < 1.29 is 21.6 Å². The number of alkyl halides is 3. The predicted molar refractivity (Wildman–Crippen MR) is 95.5 cm³/mol. The van der Waals surface area contributed by atoms with Gasteiger partial charge in [0.15, 0.2) is 0 Å². The maximum Gasteiger partial charge on any atom is 0.416 e. The zero-order valence-electron chi connectivity index (χ0n) is 14.5. The Morgan fingerprint density at radius 2 is 1.89 bits per heavy atom. The van der Waals surface area contributed by atoms with Crippen molar-refractivity contribution in [2.45, 2.75) is 37.5 Å². The second-order valence-corrected chi connectivity index (χ2v) is 7.78. The Morgan fingerprint density at radius 1 is 1.15 bits per heavy atom. The molecule has 5 nitrogen and oxygen atoms in total. The van der Waals surface area contributed by atoms with Crippen LogP contribution in [0.3, 0.4) is 0 Å². The molecule has 0 bridgehead atoms. The number of halogens is 3. The number of benzene rings is 1. The van der Waals surface area contributed by atoms with Gasteiger partial charge in [0.2, 0.25) is 10.0 Å². The van der Waals surface area contributed by atoms with E-state index in [9.17, 15) is 21.6 Å². The summed E-state index contributed by atoms with van der Waals surface area (Å²) in [5, 5.41) is 0.433. The largest absolute Gasteiger partial charge is 0.416 e. The highest BCUT2D eigenvalue weighted by Crippen LogP contribution is 2.32. The third-order valence-corrected chi connectivity index (χ3v) is 5.56. The van der Waals surface area contributed by atoms with Crippen LogP contribution in [0.25, 0.3) is 11.0 Å². The highest BCUT2D eigenvalue weighted by Gasteiger charge is 2.33. The van der Waals surface area contributed by atoms with Gasteiger partial charge in [0.05, 0.1) is 5.56 Å². The summed E-state index contributed by atoms with van der Waals surface area (Å²) in [5.41, 5.74) is -0.470. The third-order valence-electron chi connectivity index (χ3n) is 4.13. The van der Waals surface area contributed by atoms with E-state index in [1.54, 1.807) is 22.9 Å². The Kier molecular flexibility index (Phi) is 5.25. The van der Waals surface area contributed by atoms with Gasteiger partial charge in [0.25, 0.3) is 0 Å². The van der Waals surface area contributed by atoms with Gasteiger partial charge >= 0.3 is 6.18 Å². The summed E-state index contributed by atoms with van der Waals surface area (Å²) in [4.78, 5) is 4.22. The number of nitrogens with one attached hydrogen (secondary N) is 1. The van der Waals surface area contributed by atoms with Gasteiger partial charge in [-0.3, -0.25) is 0 Å². The average Bonchev–Trinajstić information content (AvgIpc) is 3.00. The van der Waals surface area contributed by atoms with E-state index in [1.807, 2.05) is 6.92 Å². The zero-order valence-corrected chi connectivity index (χ0v) is 15.3. The smallest absolute Gasteiger partial charge is 0.331 e. The molecule has 0 spiro atoms. The summed E-state index contributed by atoms with van der Waals surface area (Å²) in [7, 11) is -4.02. The van der Waals surface area contributed by atoms with Crippen molar-refractivity contribution >= 4 is 21.1 Å². The molecule has 0 aliphatic carbocycles. The Balaban J connectivity index is 1.94. The van der Waals surface area contributed by atoms with Gasteiger partial charge in [-0.2, -0.15) is 13.2 Å². The standard InChI is InChI=1S/C18H18F3N3O2S/c1-2-10-24-12-16(14-7-5-9-22-17(14)24)27(25,26)23-11-13-6-3-4-8-15(13)18(19,20)21/h3-9,12,23H,2,10-11H2,1H3. The van der Waals surface area contributed by atoms with Crippen molar-refractivity contribution in [1.29, 1.82) is 0 Å². The van der Waals surface area contributed by atoms with Crippen molar-refractivity contribution in [3.8, 4) is 0 Å². The molecule has 0 amide bonds. The molecule has 0 saturated heterocycles. The molecule has 3 aromatic rings. The summed E-state index contributed by atoms with van der Waals surface area (Å²) in [5.74, 6) is 0. The van der Waals surface area contributed by atoms with Crippen molar-refractivity contribution in [2.24, 2.45) is 0 Å². The molecule has 0 unspecified atom stereocenters. The topological polar surface area (TPSA) is 64.0 Å². The van der Waals surface area contributed by atoms with Crippen molar-refractivity contribution in [3.05, 3.63) is 59.9 Å². The molecule has 3 rings (SSSR count). The first-order chi connectivity index (χ1) is 12.7. The summed E-state index contributed by atoms with van der Waals surface area (Å²) in [6.45, 7) is 2.08. The minimum absolute atomic E-state index is 0.00328. The van der Waals surface area contributed by atoms with Crippen molar-refractivity contribution in [1.82, 2.24) is 14.3 Å². The Bertz CT molecular complexity index is 1060. The lowest BCUT2D eigenvalue weighted by Crippen LogP contribution is -2.24. The number of pyridine rings is 1. The first kappa shape index (κ1) is 19.4. The van der Waals surface area contributed by atoms with Gasteiger partial charge in [0, 0.05) is 30.9 Å². The minimum Gasteiger partial charge on any atom is -0.331 e. The lowest BCUT2D eigenvalue weighted by Gasteiger charge is -2.13. The predicted octanol–water partition coefficient (Wildman–Crippen LogP) is 3.94. The van der Waals surface area contributed by atoms with Gasteiger partial charge in [-0.15, -0.1) is 0 Å². The van der Waals surface area contributed by atoms with E-state index in [0.717, 1.165) is 12.5 Å². The van der Waals surface area contributed by atoms with E-state index in [1.165, 1.54) is 24.4 Å². The molecule has 0 aliphatic heterocycles. The molecular formula is C18H18F3N3O2S. The van der Waals surface area contributed by atoms with E-state index in [-0.39, 0.29) is 10.5 Å². The Labute approximate surface area is 154 Å². The molecule has 2 aromatic heterocycles. The van der Waals surface area contributed by atoms with Gasteiger partial charge in [-0.05, 0) is 30.2 Å². The Hall–Kier alpha value is -2.39. The van der Waals surface area contributed by atoms with Crippen LogP contribution in [-0.2, 0) is 29.3 Å². The van der Waals surface area contributed by atoms with Crippen LogP contribution in [0, 0.1) is 0 Å². The fourth-order valence-electron chi connectivity index (χ4n) is 2.92. The molecule has 0 fully saturated rings. The van der Waals surface area contributed by atoms with Crippen LogP contribution in [0.2, 0.25) is 0 Å². The molecular weight excluding hydrogens is 379 g/mol. The Morgan fingerprint density at radius 3 is 2.59 bits per heavy atom. The molecule has 0 atom stereocenters. The number of aromatic nitrogens is 2. The van der Waals surface area contributed by atoms with Crippen LogP contribution in [0.1, 0.15) is 24.5 Å². The maximum atomic E-state index is 13.1. The number of hydrogen-bond acceptors (Lipinski definition) is 3. The molecule has 0 radical (unpaired) electrons. The fourth-order valence-corrected chi connectivity index (χ4v) is 4.13. The molecule has 27 heavy (non-hydrogen) atoms. The lowest BCUT2D eigenvalue weighted by atomic mass is 10.1. The van der Waals surface area contributed by atoms with Crippen LogP contribution in [-0.4, -0.2) is 18.0 Å². The lowest BCUT2D eigenvalue weighted by molar-refractivity contribution is -0.138. The molecule has 144 valence electrons. The molecule has 0 saturated carbocycles. The number of hydrogen-bond donors (Lipinski definition) is 1. The first-order valence-corrected chi connectivity index (χ1v) is 9.81. The highest BCUT2D eigenvalue weighted by atomic mass is 32.2. The summed E-state index contributed by atoms with van der Waals surface area (Å²) < 4.78 is 68.8. The number of aryl methyl sites for hydroxylation is 1.